The molecule has 0 aliphatic carbocycles. The lowest BCUT2D eigenvalue weighted by molar-refractivity contribution is 0.0986. The molecule has 8 nitrogen and oxygen atoms in total. The van der Waals surface area contributed by atoms with Gasteiger partial charge < -0.3 is 10.2 Å². The van der Waals surface area contributed by atoms with E-state index < -0.39 is 0 Å². The van der Waals surface area contributed by atoms with E-state index in [9.17, 15) is 4.79 Å². The lowest BCUT2D eigenvalue weighted by Crippen LogP contribution is -2.31. The Hall–Kier alpha value is -3.43. The molecule has 0 bridgehead atoms. The predicted octanol–water partition coefficient (Wildman–Crippen LogP) is 6.23. The van der Waals surface area contributed by atoms with E-state index in [1.54, 1.807) is 12.4 Å². The molecule has 0 amide bonds. The van der Waals surface area contributed by atoms with Gasteiger partial charge in [-0.25, -0.2) is 15.0 Å². The van der Waals surface area contributed by atoms with E-state index in [1.807, 2.05) is 18.5 Å². The first-order valence-electron chi connectivity index (χ1n) is 13.6. The van der Waals surface area contributed by atoms with Gasteiger partial charge in [0.25, 0.3) is 0 Å². The lowest BCUT2D eigenvalue weighted by Gasteiger charge is -2.28. The van der Waals surface area contributed by atoms with Crippen LogP contribution in [0.1, 0.15) is 71.9 Å². The van der Waals surface area contributed by atoms with Gasteiger partial charge in [0.15, 0.2) is 5.78 Å². The molecule has 1 fully saturated rings. The van der Waals surface area contributed by atoms with Gasteiger partial charge in [0, 0.05) is 36.0 Å². The summed E-state index contributed by atoms with van der Waals surface area (Å²) in [6, 6.07) is 8.66. The number of carbonyl (C=O) groups is 1. The van der Waals surface area contributed by atoms with Crippen LogP contribution in [-0.4, -0.2) is 55.6 Å². The number of benzene rings is 1. The molecule has 1 aliphatic heterocycles. The number of nitrogens with one attached hydrogen (secondary N) is 1. The number of hydrogen-bond acceptors (Lipinski definition) is 8. The number of nitrogens with zero attached hydrogens (tertiary/aromatic N) is 6. The van der Waals surface area contributed by atoms with E-state index >= 15 is 0 Å². The number of carbonyl (C=O) groups excluding carboxylic acids is 1. The van der Waals surface area contributed by atoms with Crippen molar-refractivity contribution >= 4 is 28.8 Å². The van der Waals surface area contributed by atoms with Crippen LogP contribution in [0.2, 0.25) is 0 Å². The Morgan fingerprint density at radius 3 is 2.64 bits per heavy atom. The fourth-order valence-electron chi connectivity index (χ4n) is 4.83. The number of aromatic nitrogens is 5. The van der Waals surface area contributed by atoms with Crippen molar-refractivity contribution in [2.24, 2.45) is 0 Å². The number of rotatable bonds is 8. The van der Waals surface area contributed by atoms with Crippen LogP contribution in [0, 0.1) is 6.92 Å². The van der Waals surface area contributed by atoms with Gasteiger partial charge in [-0.3, -0.25) is 9.48 Å². The summed E-state index contributed by atoms with van der Waals surface area (Å²) in [7, 11) is 2.17. The number of thiazole rings is 1. The first-order valence-corrected chi connectivity index (χ1v) is 14.4. The van der Waals surface area contributed by atoms with E-state index in [-0.39, 0.29) is 11.2 Å². The zero-order valence-electron chi connectivity index (χ0n) is 23.4. The lowest BCUT2D eigenvalue weighted by atomic mass is 9.98. The zero-order valence-corrected chi connectivity index (χ0v) is 24.3. The number of anilines is 2. The molecule has 0 atom stereocenters. The monoisotopic (exact) mass is 543 g/mol. The van der Waals surface area contributed by atoms with Gasteiger partial charge in [-0.2, -0.15) is 5.10 Å². The second-order valence-electron chi connectivity index (χ2n) is 11.5. The Morgan fingerprint density at radius 2 is 1.92 bits per heavy atom. The molecule has 0 unspecified atom stereocenters. The molecule has 1 aromatic carbocycles. The first-order chi connectivity index (χ1) is 18.7. The zero-order chi connectivity index (χ0) is 27.6. The molecule has 5 rings (SSSR count). The van der Waals surface area contributed by atoms with Gasteiger partial charge in [-0.05, 0) is 69.6 Å². The largest absolute Gasteiger partial charge is 0.321 e. The van der Waals surface area contributed by atoms with Gasteiger partial charge in [0.1, 0.15) is 0 Å². The topological polar surface area (TPSA) is 88.8 Å². The molecule has 9 heteroatoms. The van der Waals surface area contributed by atoms with Crippen LogP contribution in [0.5, 0.6) is 0 Å². The van der Waals surface area contributed by atoms with Crippen LogP contribution >= 0.6 is 11.3 Å². The van der Waals surface area contributed by atoms with Crippen molar-refractivity contribution in [3.05, 3.63) is 70.1 Å². The highest BCUT2D eigenvalue weighted by molar-refractivity contribution is 7.13. The number of piperidine rings is 1. The SMILES string of the molecule is Cc1cc(-c2ccnc(Nc3cnn(C4CCN(C)CC4)c3)n2)ccc1CCC(=O)c1cnc(C(C)(C)C)s1. The normalized spacial score (nSPS) is 15.0. The highest BCUT2D eigenvalue weighted by atomic mass is 32.1. The maximum absolute atomic E-state index is 12.8. The Labute approximate surface area is 234 Å². The number of Topliss-reactive ketones (excluding diaryl/α,β-unsaturated/α-hetero) is 1. The van der Waals surface area contributed by atoms with Crippen LogP contribution in [0.4, 0.5) is 11.6 Å². The minimum absolute atomic E-state index is 0.0412. The van der Waals surface area contributed by atoms with Crippen LogP contribution in [-0.2, 0) is 11.8 Å². The molecule has 1 saturated heterocycles. The molecular formula is C30H37N7OS. The van der Waals surface area contributed by atoms with Crippen LogP contribution in [0.15, 0.2) is 49.1 Å². The minimum atomic E-state index is -0.0412. The second kappa shape index (κ2) is 11.4. The summed E-state index contributed by atoms with van der Waals surface area (Å²) in [6.07, 6.45) is 10.8. The Bertz CT molecular complexity index is 1440. The smallest absolute Gasteiger partial charge is 0.227 e. The standard InChI is InChI=1S/C30H37N7OS/c1-20-16-22(7-6-21(20)8-9-26(38)27-18-32-28(39-27)30(2,3)4)25-10-13-31-29(35-25)34-23-17-33-37(19-23)24-11-14-36(5)15-12-24/h6-7,10,13,16-19,24H,8-9,11-12,14-15H2,1-5H3,(H,31,34,35). The van der Waals surface area contributed by atoms with Crippen molar-refractivity contribution in [1.82, 2.24) is 29.6 Å². The Morgan fingerprint density at radius 1 is 1.13 bits per heavy atom. The molecule has 4 heterocycles. The molecule has 0 radical (unpaired) electrons. The quantitative estimate of drug-likeness (QED) is 0.264. The third-order valence-corrected chi connectivity index (χ3v) is 8.72. The van der Waals surface area contributed by atoms with E-state index in [0.29, 0.717) is 24.8 Å². The van der Waals surface area contributed by atoms with E-state index in [0.717, 1.165) is 58.3 Å². The summed E-state index contributed by atoms with van der Waals surface area (Å²) in [5, 5.41) is 8.88. The third kappa shape index (κ3) is 6.59. The fourth-order valence-corrected chi connectivity index (χ4v) is 5.77. The maximum atomic E-state index is 12.8. The van der Waals surface area contributed by atoms with Gasteiger partial charge >= 0.3 is 0 Å². The minimum Gasteiger partial charge on any atom is -0.321 e. The molecular weight excluding hydrogens is 506 g/mol. The van der Waals surface area contributed by atoms with Crippen LogP contribution < -0.4 is 5.32 Å². The van der Waals surface area contributed by atoms with Gasteiger partial charge in [-0.15, -0.1) is 11.3 Å². The number of ketones is 1. The molecule has 39 heavy (non-hydrogen) atoms. The fraction of sp³-hybridized carbons (Fsp3) is 0.433. The molecule has 0 saturated carbocycles. The molecule has 204 valence electrons. The second-order valence-corrected chi connectivity index (χ2v) is 12.5. The van der Waals surface area contributed by atoms with Crippen LogP contribution in [0.3, 0.4) is 0 Å². The molecule has 4 aromatic rings. The van der Waals surface area contributed by atoms with Crippen molar-refractivity contribution in [2.75, 3.05) is 25.5 Å². The molecule has 0 spiro atoms. The summed E-state index contributed by atoms with van der Waals surface area (Å²) in [6.45, 7) is 10.6. The summed E-state index contributed by atoms with van der Waals surface area (Å²) < 4.78 is 2.06. The van der Waals surface area contributed by atoms with Crippen molar-refractivity contribution in [3.63, 3.8) is 0 Å². The Kier molecular flexibility index (Phi) is 7.91. The van der Waals surface area contributed by atoms with Crippen LogP contribution in [0.25, 0.3) is 11.3 Å². The number of hydrogen-bond donors (Lipinski definition) is 1. The first kappa shape index (κ1) is 27.1. The number of aryl methyl sites for hydroxylation is 2. The summed E-state index contributed by atoms with van der Waals surface area (Å²) in [4.78, 5) is 29.5. The van der Waals surface area contributed by atoms with E-state index in [1.165, 1.54) is 16.9 Å². The van der Waals surface area contributed by atoms with Gasteiger partial charge in [-0.1, -0.05) is 32.9 Å². The van der Waals surface area contributed by atoms with Crippen molar-refractivity contribution in [3.8, 4) is 11.3 Å². The highest BCUT2D eigenvalue weighted by Gasteiger charge is 2.21. The maximum Gasteiger partial charge on any atom is 0.227 e. The van der Waals surface area contributed by atoms with Gasteiger partial charge in [0.05, 0.1) is 33.5 Å². The average Bonchev–Trinajstić information content (AvgIpc) is 3.59. The van der Waals surface area contributed by atoms with E-state index in [2.05, 4.69) is 82.9 Å². The predicted molar refractivity (Wildman–Crippen MR) is 157 cm³/mol. The Balaban J connectivity index is 1.22. The van der Waals surface area contributed by atoms with Crippen molar-refractivity contribution < 1.29 is 4.79 Å². The molecule has 3 aromatic heterocycles. The molecule has 1 N–H and O–H groups in total. The summed E-state index contributed by atoms with van der Waals surface area (Å²) in [5.41, 5.74) is 5.03. The average molecular weight is 544 g/mol. The van der Waals surface area contributed by atoms with Gasteiger partial charge in [0.2, 0.25) is 5.95 Å². The number of likely N-dealkylation sites (tertiary alicyclic amines) is 1. The van der Waals surface area contributed by atoms with Crippen molar-refractivity contribution in [2.45, 2.75) is 64.8 Å². The highest BCUT2D eigenvalue weighted by Crippen LogP contribution is 2.29. The van der Waals surface area contributed by atoms with E-state index in [4.69, 9.17) is 4.98 Å². The van der Waals surface area contributed by atoms with Crippen molar-refractivity contribution in [1.29, 1.82) is 0 Å². The molecule has 1 aliphatic rings. The summed E-state index contributed by atoms with van der Waals surface area (Å²) in [5.74, 6) is 0.694. The third-order valence-electron chi connectivity index (χ3n) is 7.26. The summed E-state index contributed by atoms with van der Waals surface area (Å²) >= 11 is 1.51.